The lowest BCUT2D eigenvalue weighted by atomic mass is 10.0. The van der Waals surface area contributed by atoms with Gasteiger partial charge < -0.3 is 9.73 Å². The van der Waals surface area contributed by atoms with Crippen LogP contribution in [-0.2, 0) is 4.79 Å². The molecule has 0 aliphatic carbocycles. The normalized spacial score (nSPS) is 12.2. The van der Waals surface area contributed by atoms with Crippen LogP contribution in [0.3, 0.4) is 0 Å². The van der Waals surface area contributed by atoms with Crippen LogP contribution in [0.5, 0.6) is 0 Å². The quantitative estimate of drug-likeness (QED) is 0.733. The van der Waals surface area contributed by atoms with Crippen LogP contribution in [0.2, 0.25) is 0 Å². The highest BCUT2D eigenvalue weighted by molar-refractivity contribution is 5.85. The van der Waals surface area contributed by atoms with E-state index in [1.807, 2.05) is 30.3 Å². The molecule has 1 aromatic carbocycles. The topological polar surface area (TPSA) is 93.8 Å². The van der Waals surface area contributed by atoms with E-state index in [9.17, 15) is 13.6 Å². The maximum Gasteiger partial charge on any atom is 0.314 e. The lowest BCUT2D eigenvalue weighted by Gasteiger charge is -2.16. The van der Waals surface area contributed by atoms with Gasteiger partial charge in [0.05, 0.1) is 5.56 Å². The minimum Gasteiger partial charge on any atom is -0.415 e. The van der Waals surface area contributed by atoms with Crippen LogP contribution in [0.15, 0.2) is 47.1 Å². The van der Waals surface area contributed by atoms with Crippen molar-refractivity contribution < 1.29 is 18.0 Å². The molecule has 1 N–H and O–H groups in total. The average Bonchev–Trinajstić information content (AvgIpc) is 3.11. The Morgan fingerprint density at radius 3 is 2.36 bits per heavy atom. The summed E-state index contributed by atoms with van der Waals surface area (Å²) >= 11 is 0. The molecule has 25 heavy (non-hydrogen) atoms. The van der Waals surface area contributed by atoms with Crippen LogP contribution >= 0.6 is 0 Å². The van der Waals surface area contributed by atoms with Gasteiger partial charge in [-0.05, 0) is 12.5 Å². The van der Waals surface area contributed by atoms with Gasteiger partial charge in [0.2, 0.25) is 5.95 Å². The molecule has 0 radical (unpaired) electrons. The molecular formula is C16H13F2N5O2. The summed E-state index contributed by atoms with van der Waals surface area (Å²) in [7, 11) is 0. The smallest absolute Gasteiger partial charge is 0.314 e. The third-order valence-corrected chi connectivity index (χ3v) is 3.34. The number of anilines is 1. The minimum absolute atomic E-state index is 0.0997. The molecule has 0 fully saturated rings. The van der Waals surface area contributed by atoms with Crippen LogP contribution < -0.4 is 5.32 Å². The number of Topliss-reactive ketones (excluding diaryl/α,β-unsaturated/α-hetero) is 1. The van der Waals surface area contributed by atoms with Gasteiger partial charge in [0, 0.05) is 12.4 Å². The molecule has 2 aromatic heterocycles. The number of halogens is 2. The molecule has 0 saturated carbocycles. The number of nitrogens with one attached hydrogen (secondary N) is 1. The maximum atomic E-state index is 12.5. The van der Waals surface area contributed by atoms with Gasteiger partial charge in [0.25, 0.3) is 11.8 Å². The second-order valence-corrected chi connectivity index (χ2v) is 5.14. The van der Waals surface area contributed by atoms with E-state index in [2.05, 4.69) is 25.5 Å². The molecule has 0 amide bonds. The summed E-state index contributed by atoms with van der Waals surface area (Å²) in [6, 6.07) is 8.54. The van der Waals surface area contributed by atoms with Crippen LogP contribution in [0, 0.1) is 0 Å². The zero-order chi connectivity index (χ0) is 17.8. The van der Waals surface area contributed by atoms with Gasteiger partial charge in [-0.15, -0.1) is 10.2 Å². The first-order valence-electron chi connectivity index (χ1n) is 7.30. The van der Waals surface area contributed by atoms with Gasteiger partial charge in [-0.2, -0.15) is 8.78 Å². The molecule has 1 atom stereocenters. The zero-order valence-electron chi connectivity index (χ0n) is 13.1. The second kappa shape index (κ2) is 7.12. The zero-order valence-corrected chi connectivity index (χ0v) is 13.1. The first-order chi connectivity index (χ1) is 12.0. The Labute approximate surface area is 141 Å². The van der Waals surface area contributed by atoms with Gasteiger partial charge in [0.15, 0.2) is 5.78 Å². The number of rotatable bonds is 6. The van der Waals surface area contributed by atoms with Crippen molar-refractivity contribution in [3.05, 3.63) is 54.2 Å². The number of hydrogen-bond acceptors (Lipinski definition) is 7. The SMILES string of the molecule is CC(=O)C(Nc1ncc(-c2nnc(C(F)F)o2)cn1)c1ccccc1. The highest BCUT2D eigenvalue weighted by atomic mass is 19.3. The Bertz CT molecular complexity index is 852. The summed E-state index contributed by atoms with van der Waals surface area (Å²) in [4.78, 5) is 20.0. The monoisotopic (exact) mass is 345 g/mol. The van der Waals surface area contributed by atoms with E-state index in [4.69, 9.17) is 4.42 Å². The Morgan fingerprint density at radius 1 is 1.12 bits per heavy atom. The van der Waals surface area contributed by atoms with Gasteiger partial charge >= 0.3 is 6.43 Å². The first kappa shape index (κ1) is 16.6. The number of hydrogen-bond donors (Lipinski definition) is 1. The molecule has 128 valence electrons. The van der Waals surface area contributed by atoms with E-state index in [-0.39, 0.29) is 17.6 Å². The fourth-order valence-electron chi connectivity index (χ4n) is 2.15. The van der Waals surface area contributed by atoms with E-state index in [0.717, 1.165) is 5.56 Å². The van der Waals surface area contributed by atoms with Gasteiger partial charge in [0.1, 0.15) is 6.04 Å². The van der Waals surface area contributed by atoms with Crippen molar-refractivity contribution in [3.8, 4) is 11.5 Å². The number of carbonyl (C=O) groups is 1. The van der Waals surface area contributed by atoms with Crippen LogP contribution in [-0.4, -0.2) is 25.9 Å². The molecule has 3 aromatic rings. The Balaban J connectivity index is 1.78. The third kappa shape index (κ3) is 3.82. The molecule has 2 heterocycles. The van der Waals surface area contributed by atoms with Crippen molar-refractivity contribution in [2.24, 2.45) is 0 Å². The molecule has 0 spiro atoms. The van der Waals surface area contributed by atoms with Crippen molar-refractivity contribution in [1.29, 1.82) is 0 Å². The first-order valence-corrected chi connectivity index (χ1v) is 7.30. The summed E-state index contributed by atoms with van der Waals surface area (Å²) < 4.78 is 29.8. The molecule has 3 rings (SSSR count). The van der Waals surface area contributed by atoms with Gasteiger partial charge in [-0.25, -0.2) is 9.97 Å². The van der Waals surface area contributed by atoms with Crippen LogP contribution in [0.1, 0.15) is 30.8 Å². The van der Waals surface area contributed by atoms with E-state index >= 15 is 0 Å². The van der Waals surface area contributed by atoms with Crippen molar-refractivity contribution in [2.75, 3.05) is 5.32 Å². The number of ketones is 1. The molecule has 7 nitrogen and oxygen atoms in total. The van der Waals surface area contributed by atoms with Crippen molar-refractivity contribution >= 4 is 11.7 Å². The Morgan fingerprint density at radius 2 is 1.80 bits per heavy atom. The summed E-state index contributed by atoms with van der Waals surface area (Å²) in [5.41, 5.74) is 1.07. The summed E-state index contributed by atoms with van der Waals surface area (Å²) in [5.74, 6) is -0.760. The number of alkyl halides is 2. The Kier molecular flexibility index (Phi) is 4.73. The molecule has 1 unspecified atom stereocenters. The molecule has 0 bridgehead atoms. The minimum atomic E-state index is -2.84. The largest absolute Gasteiger partial charge is 0.415 e. The number of carbonyl (C=O) groups excluding carboxylic acids is 1. The molecule has 9 heteroatoms. The van der Waals surface area contributed by atoms with Crippen molar-refractivity contribution in [1.82, 2.24) is 20.2 Å². The lowest BCUT2D eigenvalue weighted by Crippen LogP contribution is -2.19. The van der Waals surface area contributed by atoms with Gasteiger partial charge in [-0.3, -0.25) is 4.79 Å². The van der Waals surface area contributed by atoms with E-state index in [1.54, 1.807) is 0 Å². The van der Waals surface area contributed by atoms with Gasteiger partial charge in [-0.1, -0.05) is 30.3 Å². The second-order valence-electron chi connectivity index (χ2n) is 5.14. The number of nitrogens with zero attached hydrogens (tertiary/aromatic N) is 4. The highest BCUT2D eigenvalue weighted by Gasteiger charge is 2.19. The number of aromatic nitrogens is 4. The average molecular weight is 345 g/mol. The van der Waals surface area contributed by atoms with Crippen LogP contribution in [0.4, 0.5) is 14.7 Å². The third-order valence-electron chi connectivity index (χ3n) is 3.34. The highest BCUT2D eigenvalue weighted by Crippen LogP contribution is 2.23. The molecule has 0 aliphatic rings. The van der Waals surface area contributed by atoms with E-state index in [1.165, 1.54) is 19.3 Å². The molecular weight excluding hydrogens is 332 g/mol. The predicted octanol–water partition coefficient (Wildman–Crippen LogP) is 3.21. The summed E-state index contributed by atoms with van der Waals surface area (Å²) in [6.45, 7) is 1.46. The van der Waals surface area contributed by atoms with Crippen molar-refractivity contribution in [2.45, 2.75) is 19.4 Å². The van der Waals surface area contributed by atoms with E-state index in [0.29, 0.717) is 5.56 Å². The summed E-state index contributed by atoms with van der Waals surface area (Å²) in [6.07, 6.45) is -0.147. The molecule has 0 saturated heterocycles. The van der Waals surface area contributed by atoms with Crippen molar-refractivity contribution in [3.63, 3.8) is 0 Å². The fourth-order valence-corrected chi connectivity index (χ4v) is 2.15. The van der Waals surface area contributed by atoms with E-state index < -0.39 is 18.4 Å². The Hall–Kier alpha value is -3.23. The number of benzene rings is 1. The molecule has 0 aliphatic heterocycles. The summed E-state index contributed by atoms with van der Waals surface area (Å²) in [5, 5.41) is 9.70. The fraction of sp³-hybridized carbons (Fsp3) is 0.188. The van der Waals surface area contributed by atoms with Crippen LogP contribution in [0.25, 0.3) is 11.5 Å². The predicted molar refractivity (Wildman–Crippen MR) is 83.8 cm³/mol. The standard InChI is InChI=1S/C16H13F2N5O2/c1-9(24)12(10-5-3-2-4-6-10)21-16-19-7-11(8-20-16)14-22-23-15(25-14)13(17)18/h2-8,12-13H,1H3,(H,19,20,21). The maximum absolute atomic E-state index is 12.5. The lowest BCUT2D eigenvalue weighted by molar-refractivity contribution is -0.117.